The van der Waals surface area contributed by atoms with Gasteiger partial charge in [-0.15, -0.1) is 0 Å². The van der Waals surface area contributed by atoms with Gasteiger partial charge in [0.05, 0.1) is 18.6 Å². The highest BCUT2D eigenvalue weighted by atomic mass is 19.1. The lowest BCUT2D eigenvalue weighted by Crippen LogP contribution is -2.35. The highest BCUT2D eigenvalue weighted by Gasteiger charge is 2.28. The summed E-state index contributed by atoms with van der Waals surface area (Å²) >= 11 is 0. The fraction of sp³-hybridized carbons (Fsp3) is 0.400. The van der Waals surface area contributed by atoms with Crippen LogP contribution in [-0.2, 0) is 4.79 Å². The van der Waals surface area contributed by atoms with Crippen LogP contribution in [0.1, 0.15) is 55.4 Å². The number of halogens is 1. The molecule has 1 amide bonds. The molecule has 4 nitrogen and oxygen atoms in total. The van der Waals surface area contributed by atoms with Crippen LogP contribution < -0.4 is 0 Å². The van der Waals surface area contributed by atoms with Crippen LogP contribution in [0.15, 0.2) is 48.8 Å². The van der Waals surface area contributed by atoms with Gasteiger partial charge in [-0.1, -0.05) is 25.0 Å². The van der Waals surface area contributed by atoms with E-state index in [2.05, 4.69) is 4.98 Å². The van der Waals surface area contributed by atoms with Gasteiger partial charge in [0.1, 0.15) is 5.82 Å². The first kappa shape index (κ1) is 17.5. The second-order valence-electron chi connectivity index (χ2n) is 6.51. The van der Waals surface area contributed by atoms with Gasteiger partial charge in [-0.05, 0) is 48.2 Å². The SMILES string of the molecule is O=C(CC(O)c1cccc(F)c1)N1CCCCCC1c1ccncc1. The number of carbonyl (C=O) groups excluding carboxylic acids is 1. The van der Waals surface area contributed by atoms with Crippen molar-refractivity contribution in [3.05, 3.63) is 65.7 Å². The lowest BCUT2D eigenvalue weighted by Gasteiger charge is -2.31. The van der Waals surface area contributed by atoms with Crippen LogP contribution >= 0.6 is 0 Å². The lowest BCUT2D eigenvalue weighted by molar-refractivity contribution is -0.135. The quantitative estimate of drug-likeness (QED) is 0.920. The van der Waals surface area contributed by atoms with Crippen molar-refractivity contribution >= 4 is 5.91 Å². The van der Waals surface area contributed by atoms with Crippen LogP contribution in [0.25, 0.3) is 0 Å². The molecule has 1 fully saturated rings. The Morgan fingerprint density at radius 2 is 2.04 bits per heavy atom. The van der Waals surface area contributed by atoms with Crippen LogP contribution in [0.4, 0.5) is 4.39 Å². The number of aliphatic hydroxyl groups is 1. The van der Waals surface area contributed by atoms with Crippen molar-refractivity contribution in [1.29, 1.82) is 0 Å². The van der Waals surface area contributed by atoms with Crippen molar-refractivity contribution in [2.24, 2.45) is 0 Å². The predicted molar refractivity (Wildman–Crippen MR) is 93.1 cm³/mol. The molecule has 0 saturated carbocycles. The molecule has 0 spiro atoms. The predicted octanol–water partition coefficient (Wildman–Crippen LogP) is 3.79. The smallest absolute Gasteiger partial charge is 0.226 e. The summed E-state index contributed by atoms with van der Waals surface area (Å²) in [5, 5.41) is 10.3. The van der Waals surface area contributed by atoms with E-state index in [4.69, 9.17) is 0 Å². The van der Waals surface area contributed by atoms with Gasteiger partial charge in [0.2, 0.25) is 5.91 Å². The van der Waals surface area contributed by atoms with E-state index in [1.165, 1.54) is 12.1 Å². The Morgan fingerprint density at radius 3 is 2.80 bits per heavy atom. The molecule has 1 saturated heterocycles. The summed E-state index contributed by atoms with van der Waals surface area (Å²) in [5.74, 6) is -0.506. The van der Waals surface area contributed by atoms with E-state index in [9.17, 15) is 14.3 Å². The summed E-state index contributed by atoms with van der Waals surface area (Å²) in [7, 11) is 0. The number of nitrogens with zero attached hydrogens (tertiary/aromatic N) is 2. The summed E-state index contributed by atoms with van der Waals surface area (Å²) in [4.78, 5) is 18.8. The second-order valence-corrected chi connectivity index (χ2v) is 6.51. The first-order valence-electron chi connectivity index (χ1n) is 8.78. The number of benzene rings is 1. The van der Waals surface area contributed by atoms with Crippen molar-refractivity contribution < 1.29 is 14.3 Å². The maximum Gasteiger partial charge on any atom is 0.226 e. The number of likely N-dealkylation sites (tertiary alicyclic amines) is 1. The topological polar surface area (TPSA) is 53.4 Å². The Labute approximate surface area is 147 Å². The van der Waals surface area contributed by atoms with Crippen LogP contribution in [0.2, 0.25) is 0 Å². The minimum absolute atomic E-state index is 0.0118. The molecule has 0 radical (unpaired) electrons. The monoisotopic (exact) mass is 342 g/mol. The van der Waals surface area contributed by atoms with E-state index in [-0.39, 0.29) is 18.4 Å². The number of hydrogen-bond donors (Lipinski definition) is 1. The first-order valence-corrected chi connectivity index (χ1v) is 8.78. The number of aromatic nitrogens is 1. The third kappa shape index (κ3) is 4.42. The van der Waals surface area contributed by atoms with E-state index in [1.807, 2.05) is 17.0 Å². The second kappa shape index (κ2) is 8.21. The standard InChI is InChI=1S/C20H23FN2O2/c21-17-6-4-5-16(13-17)19(24)14-20(25)23-12-3-1-2-7-18(23)15-8-10-22-11-9-15/h4-6,8-11,13,18-19,24H,1-3,7,12,14H2. The first-order chi connectivity index (χ1) is 12.1. The summed E-state index contributed by atoms with van der Waals surface area (Å²) in [5.41, 5.74) is 1.51. The molecule has 1 N–H and O–H groups in total. The molecule has 5 heteroatoms. The highest BCUT2D eigenvalue weighted by Crippen LogP contribution is 2.31. The summed E-state index contributed by atoms with van der Waals surface area (Å²) < 4.78 is 13.3. The van der Waals surface area contributed by atoms with Crippen molar-refractivity contribution in [3.63, 3.8) is 0 Å². The van der Waals surface area contributed by atoms with Gasteiger partial charge in [0, 0.05) is 18.9 Å². The fourth-order valence-corrected chi connectivity index (χ4v) is 3.45. The van der Waals surface area contributed by atoms with Crippen LogP contribution in [0.3, 0.4) is 0 Å². The molecule has 2 unspecified atom stereocenters. The van der Waals surface area contributed by atoms with Gasteiger partial charge in [-0.2, -0.15) is 0 Å². The number of carbonyl (C=O) groups is 1. The highest BCUT2D eigenvalue weighted by molar-refractivity contribution is 5.77. The zero-order valence-corrected chi connectivity index (χ0v) is 14.1. The van der Waals surface area contributed by atoms with Gasteiger partial charge in [-0.3, -0.25) is 9.78 Å². The van der Waals surface area contributed by atoms with Crippen molar-refractivity contribution in [2.75, 3.05) is 6.54 Å². The molecule has 0 bridgehead atoms. The number of amides is 1. The minimum atomic E-state index is -0.996. The molecule has 1 aromatic carbocycles. The fourth-order valence-electron chi connectivity index (χ4n) is 3.45. The Balaban J connectivity index is 1.75. The minimum Gasteiger partial charge on any atom is -0.388 e. The van der Waals surface area contributed by atoms with E-state index in [0.717, 1.165) is 31.2 Å². The lowest BCUT2D eigenvalue weighted by atomic mass is 10.0. The van der Waals surface area contributed by atoms with Gasteiger partial charge >= 0.3 is 0 Å². The average molecular weight is 342 g/mol. The normalized spacial score (nSPS) is 19.3. The zero-order valence-electron chi connectivity index (χ0n) is 14.1. The Kier molecular flexibility index (Phi) is 5.76. The summed E-state index contributed by atoms with van der Waals surface area (Å²) in [6.07, 6.45) is 6.49. The molecule has 2 aromatic rings. The largest absolute Gasteiger partial charge is 0.388 e. The third-order valence-corrected chi connectivity index (χ3v) is 4.77. The van der Waals surface area contributed by atoms with E-state index in [1.54, 1.807) is 24.5 Å². The van der Waals surface area contributed by atoms with E-state index in [0.29, 0.717) is 12.1 Å². The summed E-state index contributed by atoms with van der Waals surface area (Å²) in [6.45, 7) is 0.682. The van der Waals surface area contributed by atoms with E-state index >= 15 is 0 Å². The molecule has 2 heterocycles. The Morgan fingerprint density at radius 1 is 1.24 bits per heavy atom. The van der Waals surface area contributed by atoms with Gasteiger partial charge in [0.25, 0.3) is 0 Å². The van der Waals surface area contributed by atoms with Gasteiger partial charge < -0.3 is 10.0 Å². The van der Waals surface area contributed by atoms with Crippen molar-refractivity contribution in [1.82, 2.24) is 9.88 Å². The molecule has 1 aromatic heterocycles. The zero-order chi connectivity index (χ0) is 17.6. The van der Waals surface area contributed by atoms with Crippen molar-refractivity contribution in [2.45, 2.75) is 44.2 Å². The van der Waals surface area contributed by atoms with Crippen LogP contribution in [0.5, 0.6) is 0 Å². The number of pyridine rings is 1. The average Bonchev–Trinajstić information content (AvgIpc) is 2.88. The van der Waals surface area contributed by atoms with Crippen molar-refractivity contribution in [3.8, 4) is 0 Å². The maximum absolute atomic E-state index is 13.3. The summed E-state index contributed by atoms with van der Waals surface area (Å²) in [6, 6.07) is 9.69. The van der Waals surface area contributed by atoms with E-state index < -0.39 is 11.9 Å². The number of hydrogen-bond acceptors (Lipinski definition) is 3. The molecule has 132 valence electrons. The Hall–Kier alpha value is -2.27. The molecule has 0 aliphatic carbocycles. The molecular formula is C20H23FN2O2. The molecule has 2 atom stereocenters. The molecule has 25 heavy (non-hydrogen) atoms. The maximum atomic E-state index is 13.3. The Bertz CT molecular complexity index is 708. The molecule has 3 rings (SSSR count). The van der Waals surface area contributed by atoms with Gasteiger partial charge in [-0.25, -0.2) is 4.39 Å². The number of aliphatic hydroxyl groups excluding tert-OH is 1. The van der Waals surface area contributed by atoms with Crippen LogP contribution in [-0.4, -0.2) is 27.4 Å². The van der Waals surface area contributed by atoms with Crippen LogP contribution in [0, 0.1) is 5.82 Å². The molecular weight excluding hydrogens is 319 g/mol. The molecule has 1 aliphatic heterocycles. The van der Waals surface area contributed by atoms with Gasteiger partial charge in [0.15, 0.2) is 0 Å². The molecule has 1 aliphatic rings. The number of rotatable bonds is 4. The third-order valence-electron chi connectivity index (χ3n) is 4.77.